The fourth-order valence-corrected chi connectivity index (χ4v) is 3.93. The van der Waals surface area contributed by atoms with E-state index in [1.54, 1.807) is 0 Å². The third-order valence-corrected chi connectivity index (χ3v) is 4.97. The highest BCUT2D eigenvalue weighted by molar-refractivity contribution is 5.94. The summed E-state index contributed by atoms with van der Waals surface area (Å²) < 4.78 is 0. The molecule has 0 spiro atoms. The van der Waals surface area contributed by atoms with Crippen LogP contribution in [0.4, 0.5) is 0 Å². The fraction of sp³-hybridized carbons (Fsp3) is 0.647. The molecule has 2 heterocycles. The van der Waals surface area contributed by atoms with Crippen molar-refractivity contribution >= 4 is 18.3 Å². The van der Waals surface area contributed by atoms with Gasteiger partial charge in [0.15, 0.2) is 0 Å². The number of carbonyl (C=O) groups is 1. The zero-order chi connectivity index (χ0) is 15.9. The summed E-state index contributed by atoms with van der Waals surface area (Å²) >= 11 is 0. The van der Waals surface area contributed by atoms with Gasteiger partial charge in [-0.2, -0.15) is 0 Å². The zero-order valence-corrected chi connectivity index (χ0v) is 14.6. The third-order valence-electron chi connectivity index (χ3n) is 4.97. The van der Waals surface area contributed by atoms with Crippen molar-refractivity contribution in [2.75, 3.05) is 13.1 Å². The molecular formula is C17H26ClN3O2. The highest BCUT2D eigenvalue weighted by atomic mass is 35.5. The van der Waals surface area contributed by atoms with Crippen molar-refractivity contribution in [2.45, 2.75) is 39.2 Å². The summed E-state index contributed by atoms with van der Waals surface area (Å²) in [5.41, 5.74) is 7.28. The van der Waals surface area contributed by atoms with Crippen molar-refractivity contribution < 1.29 is 4.79 Å². The zero-order valence-electron chi connectivity index (χ0n) is 13.7. The SMILES string of the molecule is CC(C)Cc1cc(C(=O)N2CC3CCC(N)C3C2)cc(=O)[nH]1.Cl. The Morgan fingerprint density at radius 1 is 1.35 bits per heavy atom. The van der Waals surface area contributed by atoms with Gasteiger partial charge in [0.2, 0.25) is 5.56 Å². The molecule has 6 heteroatoms. The van der Waals surface area contributed by atoms with E-state index in [2.05, 4.69) is 18.8 Å². The number of aromatic nitrogens is 1. The number of H-pyrrole nitrogens is 1. The van der Waals surface area contributed by atoms with Crippen LogP contribution in [0.2, 0.25) is 0 Å². The van der Waals surface area contributed by atoms with E-state index in [-0.39, 0.29) is 29.9 Å². The Labute approximate surface area is 143 Å². The number of hydrogen-bond donors (Lipinski definition) is 2. The van der Waals surface area contributed by atoms with Gasteiger partial charge >= 0.3 is 0 Å². The van der Waals surface area contributed by atoms with Crippen LogP contribution in [0, 0.1) is 17.8 Å². The van der Waals surface area contributed by atoms with E-state index in [1.807, 2.05) is 11.0 Å². The molecule has 3 rings (SSSR count). The van der Waals surface area contributed by atoms with Gasteiger partial charge in [0.05, 0.1) is 0 Å². The summed E-state index contributed by atoms with van der Waals surface area (Å²) in [6.45, 7) is 5.70. The van der Waals surface area contributed by atoms with Gasteiger partial charge in [-0.3, -0.25) is 9.59 Å². The first-order chi connectivity index (χ1) is 10.4. The number of fused-ring (bicyclic) bond motifs is 1. The Hall–Kier alpha value is -1.33. The second-order valence-electron chi connectivity index (χ2n) is 7.23. The minimum atomic E-state index is -0.197. The highest BCUT2D eigenvalue weighted by Crippen LogP contribution is 2.37. The minimum absolute atomic E-state index is 0. The molecule has 1 aliphatic carbocycles. The Bertz CT molecular complexity index is 629. The molecule has 1 aromatic rings. The van der Waals surface area contributed by atoms with Crippen LogP contribution in [0.5, 0.6) is 0 Å². The number of nitrogens with zero attached hydrogens (tertiary/aromatic N) is 1. The molecule has 128 valence electrons. The first kappa shape index (κ1) is 18.0. The average Bonchev–Trinajstić information content (AvgIpc) is 2.99. The van der Waals surface area contributed by atoms with E-state index in [0.29, 0.717) is 23.3 Å². The van der Waals surface area contributed by atoms with Crippen molar-refractivity contribution in [1.29, 1.82) is 0 Å². The summed E-state index contributed by atoms with van der Waals surface area (Å²) in [7, 11) is 0. The maximum atomic E-state index is 12.7. The number of amides is 1. The molecule has 1 saturated heterocycles. The second kappa shape index (κ2) is 7.05. The van der Waals surface area contributed by atoms with Crippen molar-refractivity contribution in [3.05, 3.63) is 33.7 Å². The summed E-state index contributed by atoms with van der Waals surface area (Å²) in [6.07, 6.45) is 2.96. The first-order valence-electron chi connectivity index (χ1n) is 8.22. The molecule has 0 aromatic carbocycles. The van der Waals surface area contributed by atoms with Crippen molar-refractivity contribution in [1.82, 2.24) is 9.88 Å². The van der Waals surface area contributed by atoms with Gasteiger partial charge in [-0.25, -0.2) is 0 Å². The van der Waals surface area contributed by atoms with Crippen LogP contribution < -0.4 is 11.3 Å². The third kappa shape index (κ3) is 3.78. The summed E-state index contributed by atoms with van der Waals surface area (Å²) in [4.78, 5) is 29.2. The van der Waals surface area contributed by atoms with Gasteiger partial charge in [0, 0.05) is 36.5 Å². The van der Waals surface area contributed by atoms with Crippen molar-refractivity contribution in [3.63, 3.8) is 0 Å². The molecule has 2 aliphatic rings. The van der Waals surface area contributed by atoms with Crippen LogP contribution in [0.15, 0.2) is 16.9 Å². The highest BCUT2D eigenvalue weighted by Gasteiger charge is 2.42. The standard InChI is InChI=1S/C17H25N3O2.ClH/c1-10(2)5-13-6-12(7-16(21)19-13)17(22)20-8-11-3-4-15(18)14(11)9-20;/h6-7,10-11,14-15H,3-5,8-9,18H2,1-2H3,(H,19,21);1H. The van der Waals surface area contributed by atoms with E-state index in [9.17, 15) is 9.59 Å². The molecule has 1 aliphatic heterocycles. The van der Waals surface area contributed by atoms with Crippen molar-refractivity contribution in [2.24, 2.45) is 23.5 Å². The van der Waals surface area contributed by atoms with Crippen LogP contribution in [-0.4, -0.2) is 34.9 Å². The molecule has 5 nitrogen and oxygen atoms in total. The number of aromatic amines is 1. The molecule has 1 aromatic heterocycles. The molecule has 3 atom stereocenters. The molecule has 1 amide bonds. The Morgan fingerprint density at radius 2 is 2.09 bits per heavy atom. The number of hydrogen-bond acceptors (Lipinski definition) is 3. The largest absolute Gasteiger partial charge is 0.338 e. The van der Waals surface area contributed by atoms with E-state index < -0.39 is 0 Å². The average molecular weight is 340 g/mol. The lowest BCUT2D eigenvalue weighted by Gasteiger charge is -2.19. The van der Waals surface area contributed by atoms with Gasteiger partial charge in [0.1, 0.15) is 0 Å². The molecular weight excluding hydrogens is 314 g/mol. The number of pyridine rings is 1. The summed E-state index contributed by atoms with van der Waals surface area (Å²) in [5.74, 6) is 1.38. The Morgan fingerprint density at radius 3 is 2.74 bits per heavy atom. The molecule has 3 unspecified atom stereocenters. The number of halogens is 1. The molecule has 0 bridgehead atoms. The van der Waals surface area contributed by atoms with Crippen LogP contribution in [-0.2, 0) is 6.42 Å². The molecule has 1 saturated carbocycles. The van der Waals surface area contributed by atoms with Gasteiger partial charge in [-0.1, -0.05) is 13.8 Å². The number of rotatable bonds is 3. The molecule has 2 fully saturated rings. The quantitative estimate of drug-likeness (QED) is 0.881. The number of carbonyl (C=O) groups excluding carboxylic acids is 1. The van der Waals surface area contributed by atoms with Gasteiger partial charge in [-0.15, -0.1) is 12.4 Å². The molecule has 0 radical (unpaired) electrons. The Kier molecular flexibility index (Phi) is 5.53. The molecule has 23 heavy (non-hydrogen) atoms. The lowest BCUT2D eigenvalue weighted by atomic mass is 9.98. The monoisotopic (exact) mass is 339 g/mol. The predicted octanol–water partition coefficient (Wildman–Crippen LogP) is 1.80. The predicted molar refractivity (Wildman–Crippen MR) is 92.9 cm³/mol. The lowest BCUT2D eigenvalue weighted by molar-refractivity contribution is 0.0779. The van der Waals surface area contributed by atoms with Gasteiger partial charge in [-0.05, 0) is 43.1 Å². The van der Waals surface area contributed by atoms with E-state index in [0.717, 1.165) is 38.0 Å². The number of likely N-dealkylation sites (tertiary alicyclic amines) is 1. The first-order valence-corrected chi connectivity index (χ1v) is 8.22. The minimum Gasteiger partial charge on any atom is -0.338 e. The number of nitrogens with two attached hydrogens (primary N) is 1. The maximum absolute atomic E-state index is 12.7. The summed E-state index contributed by atoms with van der Waals surface area (Å²) in [6, 6.07) is 3.47. The van der Waals surface area contributed by atoms with Crippen molar-refractivity contribution in [3.8, 4) is 0 Å². The normalized spacial score (nSPS) is 26.3. The summed E-state index contributed by atoms with van der Waals surface area (Å²) in [5, 5.41) is 0. The van der Waals surface area contributed by atoms with Gasteiger partial charge < -0.3 is 15.6 Å². The van der Waals surface area contributed by atoms with Crippen LogP contribution in [0.25, 0.3) is 0 Å². The van der Waals surface area contributed by atoms with E-state index >= 15 is 0 Å². The van der Waals surface area contributed by atoms with Crippen LogP contribution in [0.1, 0.15) is 42.7 Å². The smallest absolute Gasteiger partial charge is 0.254 e. The molecule has 3 N–H and O–H groups in total. The van der Waals surface area contributed by atoms with Crippen LogP contribution in [0.3, 0.4) is 0 Å². The fourth-order valence-electron chi connectivity index (χ4n) is 3.93. The number of nitrogens with one attached hydrogen (secondary N) is 1. The second-order valence-corrected chi connectivity index (χ2v) is 7.23. The van der Waals surface area contributed by atoms with Gasteiger partial charge in [0.25, 0.3) is 5.91 Å². The van der Waals surface area contributed by atoms with E-state index in [4.69, 9.17) is 5.73 Å². The lowest BCUT2D eigenvalue weighted by Crippen LogP contribution is -2.34. The topological polar surface area (TPSA) is 79.2 Å². The van der Waals surface area contributed by atoms with Crippen LogP contribution >= 0.6 is 12.4 Å². The Balaban J connectivity index is 0.00000192. The van der Waals surface area contributed by atoms with E-state index in [1.165, 1.54) is 6.07 Å². The maximum Gasteiger partial charge on any atom is 0.254 e.